The summed E-state index contributed by atoms with van der Waals surface area (Å²) in [5.74, 6) is 0. The third-order valence-corrected chi connectivity index (χ3v) is 4.08. The van der Waals surface area contributed by atoms with E-state index in [2.05, 4.69) is 76.2 Å². The Morgan fingerprint density at radius 2 is 1.52 bits per heavy atom. The Hall–Kier alpha value is -0.357. The fourth-order valence-electron chi connectivity index (χ4n) is 3.14. The third kappa shape index (κ3) is 4.59. The van der Waals surface area contributed by atoms with Gasteiger partial charge in [-0.2, -0.15) is 0 Å². The summed E-state index contributed by atoms with van der Waals surface area (Å²) in [6.45, 7) is 9.09. The van der Waals surface area contributed by atoms with Crippen molar-refractivity contribution in [1.82, 2.24) is 0 Å². The molecule has 0 fully saturated rings. The number of benzene rings is 2. The van der Waals surface area contributed by atoms with E-state index in [1.165, 1.54) is 33.4 Å². The number of allylic oxidation sites excluding steroid dienone is 1. The Kier molecular flexibility index (Phi) is 6.72. The van der Waals surface area contributed by atoms with Crippen LogP contribution in [0.3, 0.4) is 0 Å². The van der Waals surface area contributed by atoms with Crippen LogP contribution in [0.15, 0.2) is 48.0 Å². The second-order valence-electron chi connectivity index (χ2n) is 6.91. The zero-order valence-corrected chi connectivity index (χ0v) is 18.1. The topological polar surface area (TPSA) is 0 Å². The molecule has 1 aliphatic carbocycles. The standard InChI is InChI=1S/C20H22.2ClH.Zr/c1-14-12-15-8-7-10-16(18(15)13-14)17-9-5-6-11-19(17)20(2,3)4;;;/h5-11,13H,12H2,1-4H3;2*1H;/q;;;+2/p-2. The molecule has 0 radical (unpaired) electrons. The first-order valence-corrected chi connectivity index (χ1v) is 14.1. The van der Waals surface area contributed by atoms with Crippen LogP contribution in [-0.4, -0.2) is 0 Å². The monoisotopic (exact) mass is 422 g/mol. The molecule has 1 aliphatic rings. The molecule has 0 saturated heterocycles. The summed E-state index contributed by atoms with van der Waals surface area (Å²) in [6, 6.07) is 15.5. The molecule has 0 nitrogen and oxygen atoms in total. The van der Waals surface area contributed by atoms with Crippen LogP contribution >= 0.6 is 17.0 Å². The van der Waals surface area contributed by atoms with Crippen molar-refractivity contribution in [2.45, 2.75) is 39.5 Å². The number of hydrogen-bond acceptors (Lipinski definition) is 0. The molecule has 23 heavy (non-hydrogen) atoms. The summed E-state index contributed by atoms with van der Waals surface area (Å²) in [6.07, 6.45) is 3.45. The van der Waals surface area contributed by atoms with Gasteiger partial charge in [-0.3, -0.25) is 0 Å². The molecule has 0 heterocycles. The van der Waals surface area contributed by atoms with Gasteiger partial charge in [-0.25, -0.2) is 0 Å². The van der Waals surface area contributed by atoms with Crippen LogP contribution in [0.5, 0.6) is 0 Å². The van der Waals surface area contributed by atoms with E-state index in [9.17, 15) is 0 Å². The van der Waals surface area contributed by atoms with Crippen molar-refractivity contribution in [2.75, 3.05) is 0 Å². The predicted octanol–water partition coefficient (Wildman–Crippen LogP) is 6.99. The van der Waals surface area contributed by atoms with Crippen molar-refractivity contribution in [1.29, 1.82) is 0 Å². The van der Waals surface area contributed by atoms with Crippen molar-refractivity contribution < 1.29 is 20.8 Å². The molecule has 2 aromatic carbocycles. The van der Waals surface area contributed by atoms with Crippen molar-refractivity contribution >= 4 is 23.1 Å². The van der Waals surface area contributed by atoms with Gasteiger partial charge in [0.15, 0.2) is 0 Å². The Labute approximate surface area is 158 Å². The number of halogens is 2. The van der Waals surface area contributed by atoms with Gasteiger partial charge in [0, 0.05) is 0 Å². The predicted molar refractivity (Wildman–Crippen MR) is 99.6 cm³/mol. The molecule has 0 aromatic heterocycles. The maximum absolute atomic E-state index is 4.93. The Balaban J connectivity index is 0.000000595. The number of rotatable bonds is 1. The van der Waals surface area contributed by atoms with Gasteiger partial charge >= 0.3 is 37.9 Å². The molecule has 0 amide bonds. The molecule has 0 spiro atoms. The second kappa shape index (κ2) is 8.15. The fraction of sp³-hybridized carbons (Fsp3) is 0.300. The van der Waals surface area contributed by atoms with Gasteiger partial charge < -0.3 is 0 Å². The van der Waals surface area contributed by atoms with Crippen LogP contribution in [0.4, 0.5) is 0 Å². The van der Waals surface area contributed by atoms with Crippen LogP contribution < -0.4 is 0 Å². The molecular formula is C20H22Cl2Zr. The number of fused-ring (bicyclic) bond motifs is 1. The fourth-order valence-corrected chi connectivity index (χ4v) is 3.14. The van der Waals surface area contributed by atoms with Crippen LogP contribution in [0.1, 0.15) is 44.4 Å². The van der Waals surface area contributed by atoms with Crippen LogP contribution in [0, 0.1) is 0 Å². The quantitative estimate of drug-likeness (QED) is 0.463. The Morgan fingerprint density at radius 1 is 0.913 bits per heavy atom. The van der Waals surface area contributed by atoms with E-state index in [0.29, 0.717) is 0 Å². The first-order chi connectivity index (χ1) is 10.9. The second-order valence-corrected chi connectivity index (χ2v) is 10.6. The molecule has 3 heteroatoms. The molecule has 3 rings (SSSR count). The average Bonchev–Trinajstić information content (AvgIpc) is 2.87. The minimum absolute atomic E-state index is 0.163. The normalized spacial score (nSPS) is 12.9. The van der Waals surface area contributed by atoms with E-state index in [1.54, 1.807) is 0 Å². The Morgan fingerprint density at radius 3 is 2.17 bits per heavy atom. The summed E-state index contributed by atoms with van der Waals surface area (Å²) in [5.41, 5.74) is 8.68. The SMILES string of the molecule is CC1=Cc2c(cccc2-c2ccccc2C(C)(C)C)C1.[Cl][Zr][Cl]. The first kappa shape index (κ1) is 19.0. The molecule has 0 saturated carbocycles. The summed E-state index contributed by atoms with van der Waals surface area (Å²) in [4.78, 5) is 0. The molecule has 0 bridgehead atoms. The van der Waals surface area contributed by atoms with Crippen LogP contribution in [-0.2, 0) is 32.7 Å². The summed E-state index contributed by atoms with van der Waals surface area (Å²) in [5, 5.41) is 0. The molecule has 2 aromatic rings. The van der Waals surface area contributed by atoms with Gasteiger partial charge in [-0.1, -0.05) is 74.9 Å². The third-order valence-electron chi connectivity index (χ3n) is 4.08. The van der Waals surface area contributed by atoms with Crippen LogP contribution in [0.2, 0.25) is 0 Å². The van der Waals surface area contributed by atoms with Gasteiger partial charge in [0.2, 0.25) is 0 Å². The van der Waals surface area contributed by atoms with E-state index in [4.69, 9.17) is 17.0 Å². The molecule has 0 aliphatic heterocycles. The first-order valence-electron chi connectivity index (χ1n) is 7.73. The summed E-state index contributed by atoms with van der Waals surface area (Å²) in [7, 11) is 9.87. The van der Waals surface area contributed by atoms with Crippen LogP contribution in [0.25, 0.3) is 17.2 Å². The van der Waals surface area contributed by atoms with Crippen molar-refractivity contribution in [2.24, 2.45) is 0 Å². The van der Waals surface area contributed by atoms with Gasteiger partial charge in [0.1, 0.15) is 0 Å². The van der Waals surface area contributed by atoms with Crippen molar-refractivity contribution in [3.05, 3.63) is 64.7 Å². The van der Waals surface area contributed by atoms with Gasteiger partial charge in [0.25, 0.3) is 0 Å². The Bertz CT molecular complexity index is 712. The molecular weight excluding hydrogens is 402 g/mol. The maximum atomic E-state index is 4.93. The minimum atomic E-state index is -0.826. The molecule has 120 valence electrons. The van der Waals surface area contributed by atoms with E-state index >= 15 is 0 Å². The van der Waals surface area contributed by atoms with E-state index in [1.807, 2.05) is 0 Å². The van der Waals surface area contributed by atoms with E-state index < -0.39 is 20.8 Å². The zero-order valence-electron chi connectivity index (χ0n) is 14.1. The van der Waals surface area contributed by atoms with Gasteiger partial charge in [-0.05, 0) is 46.6 Å². The molecule has 0 atom stereocenters. The summed E-state index contributed by atoms with van der Waals surface area (Å²) >= 11 is -0.826. The summed E-state index contributed by atoms with van der Waals surface area (Å²) < 4.78 is 0. The van der Waals surface area contributed by atoms with E-state index in [-0.39, 0.29) is 5.41 Å². The van der Waals surface area contributed by atoms with Crippen molar-refractivity contribution in [3.8, 4) is 11.1 Å². The molecule has 0 unspecified atom stereocenters. The van der Waals surface area contributed by atoms with E-state index in [0.717, 1.165) is 6.42 Å². The molecule has 0 N–H and O–H groups in total. The zero-order chi connectivity index (χ0) is 17.0. The van der Waals surface area contributed by atoms with Gasteiger partial charge in [0.05, 0.1) is 0 Å². The van der Waals surface area contributed by atoms with Crippen molar-refractivity contribution in [3.63, 3.8) is 0 Å². The average molecular weight is 425 g/mol. The number of hydrogen-bond donors (Lipinski definition) is 0. The van der Waals surface area contributed by atoms with Gasteiger partial charge in [-0.15, -0.1) is 0 Å².